The smallest absolute Gasteiger partial charge is 0.241 e. The minimum atomic E-state index is -3.73. The molecule has 0 saturated carbocycles. The van der Waals surface area contributed by atoms with Crippen LogP contribution in [0.15, 0.2) is 53.4 Å². The van der Waals surface area contributed by atoms with Crippen LogP contribution in [0.3, 0.4) is 0 Å². The van der Waals surface area contributed by atoms with Gasteiger partial charge in [0.2, 0.25) is 15.9 Å². The quantitative estimate of drug-likeness (QED) is 0.873. The summed E-state index contributed by atoms with van der Waals surface area (Å²) in [5.41, 5.74) is 2.90. The molecule has 2 aromatic carbocycles. The molecule has 6 nitrogen and oxygen atoms in total. The van der Waals surface area contributed by atoms with E-state index in [-0.39, 0.29) is 16.8 Å². The summed E-state index contributed by atoms with van der Waals surface area (Å²) < 4.78 is 23.1. The third-order valence-electron chi connectivity index (χ3n) is 5.46. The Bertz CT molecular complexity index is 960. The van der Waals surface area contributed by atoms with Gasteiger partial charge >= 0.3 is 0 Å². The number of likely N-dealkylation sites (tertiary alicyclic amines) is 1. The van der Waals surface area contributed by atoms with Crippen molar-refractivity contribution in [2.75, 3.05) is 24.5 Å². The third kappa shape index (κ3) is 3.63. The first-order valence-corrected chi connectivity index (χ1v) is 10.7. The number of anilines is 1. The predicted octanol–water partition coefficient (Wildman–Crippen LogP) is 2.06. The highest BCUT2D eigenvalue weighted by molar-refractivity contribution is 7.89. The molecule has 0 spiro atoms. The van der Waals surface area contributed by atoms with Crippen LogP contribution >= 0.6 is 0 Å². The first-order valence-electron chi connectivity index (χ1n) is 9.18. The highest BCUT2D eigenvalue weighted by Crippen LogP contribution is 2.33. The van der Waals surface area contributed by atoms with E-state index in [1.54, 1.807) is 17.0 Å². The first-order chi connectivity index (χ1) is 12.9. The molecule has 2 aliphatic heterocycles. The maximum Gasteiger partial charge on any atom is 0.241 e. The lowest BCUT2D eigenvalue weighted by molar-refractivity contribution is -0.119. The van der Waals surface area contributed by atoms with Crippen molar-refractivity contribution in [1.82, 2.24) is 4.90 Å². The molecule has 4 rings (SSSR count). The van der Waals surface area contributed by atoms with Crippen LogP contribution in [0.5, 0.6) is 0 Å². The van der Waals surface area contributed by atoms with Crippen molar-refractivity contribution < 1.29 is 13.2 Å². The number of rotatable bonds is 4. The second kappa shape index (κ2) is 7.07. The Hall–Kier alpha value is -2.22. The average molecular weight is 385 g/mol. The third-order valence-corrected chi connectivity index (χ3v) is 6.37. The molecule has 7 heteroatoms. The molecule has 142 valence electrons. The molecule has 0 bridgehead atoms. The molecule has 2 heterocycles. The van der Waals surface area contributed by atoms with E-state index in [1.165, 1.54) is 11.6 Å². The van der Waals surface area contributed by atoms with Crippen molar-refractivity contribution in [3.8, 4) is 0 Å². The zero-order valence-electron chi connectivity index (χ0n) is 15.0. The molecule has 1 fully saturated rings. The fraction of sp³-hybridized carbons (Fsp3) is 0.350. The van der Waals surface area contributed by atoms with Gasteiger partial charge in [0.1, 0.15) is 0 Å². The maximum absolute atomic E-state index is 13.0. The molecular formula is C20H23N3O3S. The van der Waals surface area contributed by atoms with Gasteiger partial charge < -0.3 is 4.90 Å². The number of nitrogens with two attached hydrogens (primary N) is 1. The van der Waals surface area contributed by atoms with Crippen molar-refractivity contribution in [2.24, 2.45) is 5.14 Å². The number of fused-ring (bicyclic) bond motifs is 1. The molecule has 2 aromatic rings. The highest BCUT2D eigenvalue weighted by Gasteiger charge is 2.31. The predicted molar refractivity (Wildman–Crippen MR) is 104 cm³/mol. The topological polar surface area (TPSA) is 83.7 Å². The van der Waals surface area contributed by atoms with Gasteiger partial charge in [-0.25, -0.2) is 13.6 Å². The zero-order valence-corrected chi connectivity index (χ0v) is 15.9. The summed E-state index contributed by atoms with van der Waals surface area (Å²) in [5.74, 6) is 0.0555. The van der Waals surface area contributed by atoms with Crippen LogP contribution in [-0.2, 0) is 21.2 Å². The van der Waals surface area contributed by atoms with Crippen molar-refractivity contribution in [3.63, 3.8) is 0 Å². The summed E-state index contributed by atoms with van der Waals surface area (Å²) in [6.07, 6.45) is 2.79. The number of benzene rings is 2. The van der Waals surface area contributed by atoms with E-state index >= 15 is 0 Å². The largest absolute Gasteiger partial charge is 0.311 e. The Kier molecular flexibility index (Phi) is 4.75. The summed E-state index contributed by atoms with van der Waals surface area (Å²) in [4.78, 5) is 17.1. The number of hydrogen-bond donors (Lipinski definition) is 1. The van der Waals surface area contributed by atoms with Crippen LogP contribution in [0.4, 0.5) is 5.69 Å². The summed E-state index contributed by atoms with van der Waals surface area (Å²) in [6.45, 7) is 1.86. The van der Waals surface area contributed by atoms with Gasteiger partial charge in [0.05, 0.1) is 11.4 Å². The van der Waals surface area contributed by atoms with Crippen molar-refractivity contribution in [1.29, 1.82) is 0 Å². The molecule has 0 aliphatic carbocycles. The standard InChI is InChI=1S/C20H23N3O3S/c21-27(25,26)17-8-9-19-16(13-17)10-12-23(19)20(24)14-22-11-4-7-18(22)15-5-2-1-3-6-15/h1-3,5-6,8-9,13,18H,4,7,10-12,14H2,(H2,21,25,26)/t18-/m1/s1. The summed E-state index contributed by atoms with van der Waals surface area (Å²) >= 11 is 0. The SMILES string of the molecule is NS(=O)(=O)c1ccc2c(c1)CCN2C(=O)CN1CCC[C@@H]1c1ccccc1. The van der Waals surface area contributed by atoms with Gasteiger partial charge in [-0.05, 0) is 55.1 Å². The molecule has 0 aromatic heterocycles. The van der Waals surface area contributed by atoms with E-state index in [0.717, 1.165) is 30.6 Å². The van der Waals surface area contributed by atoms with E-state index in [1.807, 2.05) is 18.2 Å². The minimum Gasteiger partial charge on any atom is -0.311 e. The Balaban J connectivity index is 1.50. The average Bonchev–Trinajstić information content (AvgIpc) is 3.27. The highest BCUT2D eigenvalue weighted by atomic mass is 32.2. The maximum atomic E-state index is 13.0. The van der Waals surface area contributed by atoms with E-state index in [4.69, 9.17) is 5.14 Å². The number of carbonyl (C=O) groups excluding carboxylic acids is 1. The van der Waals surface area contributed by atoms with Crippen LogP contribution < -0.4 is 10.0 Å². The van der Waals surface area contributed by atoms with Crippen LogP contribution in [0.1, 0.15) is 30.0 Å². The molecular weight excluding hydrogens is 362 g/mol. The fourth-order valence-corrected chi connectivity index (χ4v) is 4.71. The Morgan fingerprint density at radius 2 is 1.89 bits per heavy atom. The Labute approximate surface area is 159 Å². The molecule has 1 atom stereocenters. The van der Waals surface area contributed by atoms with Crippen LogP contribution in [-0.4, -0.2) is 38.9 Å². The van der Waals surface area contributed by atoms with Gasteiger partial charge in [-0.2, -0.15) is 0 Å². The van der Waals surface area contributed by atoms with Gasteiger partial charge in [0.15, 0.2) is 0 Å². The normalized spacial score (nSPS) is 20.0. The van der Waals surface area contributed by atoms with Crippen molar-refractivity contribution in [2.45, 2.75) is 30.2 Å². The summed E-state index contributed by atoms with van der Waals surface area (Å²) in [5, 5.41) is 5.21. The monoisotopic (exact) mass is 385 g/mol. The van der Waals surface area contributed by atoms with E-state index in [0.29, 0.717) is 19.5 Å². The first kappa shape index (κ1) is 18.2. The molecule has 2 aliphatic rings. The van der Waals surface area contributed by atoms with Gasteiger partial charge in [-0.1, -0.05) is 30.3 Å². The number of primary sulfonamides is 1. The molecule has 1 saturated heterocycles. The molecule has 0 unspecified atom stereocenters. The van der Waals surface area contributed by atoms with Gasteiger partial charge in [-0.15, -0.1) is 0 Å². The van der Waals surface area contributed by atoms with Crippen molar-refractivity contribution >= 4 is 21.6 Å². The van der Waals surface area contributed by atoms with Gasteiger partial charge in [0.25, 0.3) is 0 Å². The molecule has 2 N–H and O–H groups in total. The number of amides is 1. The summed E-state index contributed by atoms with van der Waals surface area (Å²) in [6, 6.07) is 15.3. The number of hydrogen-bond acceptors (Lipinski definition) is 4. The van der Waals surface area contributed by atoms with E-state index in [9.17, 15) is 13.2 Å². The van der Waals surface area contributed by atoms with Crippen LogP contribution in [0.2, 0.25) is 0 Å². The fourth-order valence-electron chi connectivity index (χ4n) is 4.14. The van der Waals surface area contributed by atoms with Gasteiger partial charge in [0, 0.05) is 18.3 Å². The lowest BCUT2D eigenvalue weighted by Gasteiger charge is -2.27. The number of carbonyl (C=O) groups is 1. The minimum absolute atomic E-state index is 0.0555. The van der Waals surface area contributed by atoms with Crippen molar-refractivity contribution in [3.05, 3.63) is 59.7 Å². The lowest BCUT2D eigenvalue weighted by Crippen LogP contribution is -2.39. The zero-order chi connectivity index (χ0) is 19.0. The summed E-state index contributed by atoms with van der Waals surface area (Å²) in [7, 11) is -3.73. The molecule has 0 radical (unpaired) electrons. The van der Waals surface area contributed by atoms with Crippen LogP contribution in [0.25, 0.3) is 0 Å². The van der Waals surface area contributed by atoms with E-state index < -0.39 is 10.0 Å². The molecule has 1 amide bonds. The second-order valence-corrected chi connectivity index (χ2v) is 8.73. The second-order valence-electron chi connectivity index (χ2n) is 7.17. The number of sulfonamides is 1. The van der Waals surface area contributed by atoms with Crippen LogP contribution in [0, 0.1) is 0 Å². The number of nitrogens with zero attached hydrogens (tertiary/aromatic N) is 2. The Morgan fingerprint density at radius 3 is 2.63 bits per heavy atom. The lowest BCUT2D eigenvalue weighted by atomic mass is 10.0. The van der Waals surface area contributed by atoms with E-state index in [2.05, 4.69) is 17.0 Å². The Morgan fingerprint density at radius 1 is 1.11 bits per heavy atom. The van der Waals surface area contributed by atoms with Gasteiger partial charge in [-0.3, -0.25) is 9.69 Å². The molecule has 27 heavy (non-hydrogen) atoms.